The molecule has 0 radical (unpaired) electrons. The minimum Gasteiger partial charge on any atom is -0.263 e. The maximum Gasteiger partial charge on any atom is 0.263 e. The molecule has 0 unspecified atom stereocenters. The van der Waals surface area contributed by atoms with Crippen LogP contribution in [0, 0.1) is 13.8 Å². The normalized spacial score (nSPS) is 11.5. The third-order valence-corrected chi connectivity index (χ3v) is 6.14. The average molecular weight is 380 g/mol. The molecule has 1 N–H and O–H groups in total. The lowest BCUT2D eigenvalue weighted by Crippen LogP contribution is -2.14. The maximum absolute atomic E-state index is 12.6. The first-order chi connectivity index (χ1) is 11.4. The van der Waals surface area contributed by atoms with Gasteiger partial charge in [-0.05, 0) is 49.2 Å². The van der Waals surface area contributed by atoms with Crippen molar-refractivity contribution in [2.24, 2.45) is 0 Å². The number of nitrogens with zero attached hydrogens (tertiary/aromatic N) is 2. The van der Waals surface area contributed by atoms with Gasteiger partial charge in [-0.25, -0.2) is 13.4 Å². The van der Waals surface area contributed by atoms with Crippen LogP contribution in [0.1, 0.15) is 11.1 Å². The van der Waals surface area contributed by atoms with Gasteiger partial charge in [0.1, 0.15) is 5.01 Å². The van der Waals surface area contributed by atoms with Gasteiger partial charge in [-0.15, -0.1) is 11.3 Å². The fourth-order valence-corrected chi connectivity index (χ4v) is 4.49. The molecule has 1 aromatic carbocycles. The molecular formula is C16H14ClN3O2S2. The lowest BCUT2D eigenvalue weighted by Gasteiger charge is -2.10. The predicted octanol–water partition coefficient (Wildman–Crippen LogP) is 4.28. The van der Waals surface area contributed by atoms with Gasteiger partial charge in [0, 0.05) is 16.6 Å². The summed E-state index contributed by atoms with van der Waals surface area (Å²) >= 11 is 7.36. The largest absolute Gasteiger partial charge is 0.263 e. The highest BCUT2D eigenvalue weighted by Crippen LogP contribution is 2.28. The SMILES string of the molecule is Cc1cc(S(=O)(=O)Nc2csc(-c3ccccn3)n2)c(C)cc1Cl. The lowest BCUT2D eigenvalue weighted by molar-refractivity contribution is 0.600. The Morgan fingerprint density at radius 2 is 1.96 bits per heavy atom. The van der Waals surface area contributed by atoms with Crippen LogP contribution >= 0.6 is 22.9 Å². The first-order valence-corrected chi connectivity index (χ1v) is 9.77. The van der Waals surface area contributed by atoms with Gasteiger partial charge >= 0.3 is 0 Å². The fraction of sp³-hybridized carbons (Fsp3) is 0.125. The Kier molecular flexibility index (Phi) is 4.58. The van der Waals surface area contributed by atoms with E-state index in [1.807, 2.05) is 18.2 Å². The number of nitrogens with one attached hydrogen (secondary N) is 1. The topological polar surface area (TPSA) is 72.0 Å². The summed E-state index contributed by atoms with van der Waals surface area (Å²) < 4.78 is 27.8. The number of aromatic nitrogens is 2. The van der Waals surface area contributed by atoms with Gasteiger partial charge in [-0.2, -0.15) is 0 Å². The Balaban J connectivity index is 1.91. The summed E-state index contributed by atoms with van der Waals surface area (Å²) in [6.07, 6.45) is 1.67. The number of aryl methyl sites for hydroxylation is 2. The maximum atomic E-state index is 12.6. The molecular weight excluding hydrogens is 366 g/mol. The van der Waals surface area contributed by atoms with E-state index >= 15 is 0 Å². The molecule has 0 saturated carbocycles. The lowest BCUT2D eigenvalue weighted by atomic mass is 10.2. The summed E-state index contributed by atoms with van der Waals surface area (Å²) in [7, 11) is -3.74. The average Bonchev–Trinajstić information content (AvgIpc) is 2.99. The van der Waals surface area contributed by atoms with E-state index < -0.39 is 10.0 Å². The molecule has 3 aromatic rings. The zero-order valence-electron chi connectivity index (χ0n) is 12.9. The summed E-state index contributed by atoms with van der Waals surface area (Å²) in [6.45, 7) is 3.48. The summed E-state index contributed by atoms with van der Waals surface area (Å²) in [5, 5.41) is 2.84. The van der Waals surface area contributed by atoms with Gasteiger partial charge < -0.3 is 0 Å². The number of sulfonamides is 1. The van der Waals surface area contributed by atoms with Crippen molar-refractivity contribution in [2.75, 3.05) is 4.72 Å². The molecule has 0 saturated heterocycles. The molecule has 5 nitrogen and oxygen atoms in total. The molecule has 0 aliphatic carbocycles. The Morgan fingerprint density at radius 3 is 2.67 bits per heavy atom. The molecule has 0 aliphatic heterocycles. The highest BCUT2D eigenvalue weighted by Gasteiger charge is 2.20. The quantitative estimate of drug-likeness (QED) is 0.734. The minimum absolute atomic E-state index is 0.191. The minimum atomic E-state index is -3.74. The van der Waals surface area contributed by atoms with Crippen LogP contribution in [-0.4, -0.2) is 18.4 Å². The molecule has 0 amide bonds. The summed E-state index contributed by atoms with van der Waals surface area (Å²) in [5.74, 6) is 0.271. The first-order valence-electron chi connectivity index (χ1n) is 7.03. The van der Waals surface area contributed by atoms with Gasteiger partial charge in [-0.3, -0.25) is 9.71 Å². The van der Waals surface area contributed by atoms with Gasteiger partial charge in [0.15, 0.2) is 5.82 Å². The third-order valence-electron chi connectivity index (χ3n) is 3.37. The Bertz CT molecular complexity index is 986. The first kappa shape index (κ1) is 16.9. The van der Waals surface area contributed by atoms with E-state index in [0.717, 1.165) is 0 Å². The zero-order valence-corrected chi connectivity index (χ0v) is 15.3. The molecule has 0 atom stereocenters. The van der Waals surface area contributed by atoms with E-state index in [1.165, 1.54) is 11.3 Å². The number of hydrogen-bond donors (Lipinski definition) is 1. The van der Waals surface area contributed by atoms with E-state index in [1.54, 1.807) is 37.6 Å². The van der Waals surface area contributed by atoms with Gasteiger partial charge in [0.05, 0.1) is 10.6 Å². The monoisotopic (exact) mass is 379 g/mol. The standard InChI is InChI=1S/C16H14ClN3O2S2/c1-10-8-14(11(2)7-12(10)17)24(21,22)20-15-9-23-16(19-15)13-5-3-4-6-18-13/h3-9,20H,1-2H3. The van der Waals surface area contributed by atoms with Crippen LogP contribution in [0.25, 0.3) is 10.7 Å². The molecule has 0 bridgehead atoms. The van der Waals surface area contributed by atoms with Crippen LogP contribution in [0.3, 0.4) is 0 Å². The predicted molar refractivity (Wildman–Crippen MR) is 97.1 cm³/mol. The Hall–Kier alpha value is -1.96. The van der Waals surface area contributed by atoms with E-state index in [-0.39, 0.29) is 10.7 Å². The van der Waals surface area contributed by atoms with Crippen LogP contribution in [0.5, 0.6) is 0 Å². The molecule has 8 heteroatoms. The molecule has 24 heavy (non-hydrogen) atoms. The van der Waals surface area contributed by atoms with E-state index in [4.69, 9.17) is 11.6 Å². The van der Waals surface area contributed by atoms with E-state index in [2.05, 4.69) is 14.7 Å². The Morgan fingerprint density at radius 1 is 1.17 bits per heavy atom. The van der Waals surface area contributed by atoms with Gasteiger partial charge in [0.2, 0.25) is 0 Å². The number of anilines is 1. The highest BCUT2D eigenvalue weighted by molar-refractivity contribution is 7.92. The van der Waals surface area contributed by atoms with Crippen molar-refractivity contribution in [3.05, 3.63) is 58.1 Å². The Labute approximate surface area is 149 Å². The second kappa shape index (κ2) is 6.51. The molecule has 0 spiro atoms. The van der Waals surface area contributed by atoms with Gasteiger partial charge in [0.25, 0.3) is 10.0 Å². The molecule has 2 heterocycles. The van der Waals surface area contributed by atoms with Crippen LogP contribution in [0.4, 0.5) is 5.82 Å². The summed E-state index contributed by atoms with van der Waals surface area (Å²) in [4.78, 5) is 8.70. The van der Waals surface area contributed by atoms with Crippen molar-refractivity contribution in [3.63, 3.8) is 0 Å². The fourth-order valence-electron chi connectivity index (χ4n) is 2.16. The number of rotatable bonds is 4. The van der Waals surface area contributed by atoms with Crippen molar-refractivity contribution in [1.29, 1.82) is 0 Å². The highest BCUT2D eigenvalue weighted by atomic mass is 35.5. The second-order valence-electron chi connectivity index (χ2n) is 5.23. The third kappa shape index (κ3) is 3.43. The molecule has 124 valence electrons. The molecule has 2 aromatic heterocycles. The number of halogens is 1. The number of hydrogen-bond acceptors (Lipinski definition) is 5. The zero-order chi connectivity index (χ0) is 17.3. The molecule has 0 fully saturated rings. The van der Waals surface area contributed by atoms with Crippen molar-refractivity contribution in [1.82, 2.24) is 9.97 Å². The molecule has 3 rings (SSSR count). The van der Waals surface area contributed by atoms with Crippen LogP contribution in [-0.2, 0) is 10.0 Å². The van der Waals surface area contributed by atoms with Gasteiger partial charge in [-0.1, -0.05) is 17.7 Å². The second-order valence-corrected chi connectivity index (χ2v) is 8.14. The molecule has 0 aliphatic rings. The van der Waals surface area contributed by atoms with Crippen LogP contribution < -0.4 is 4.72 Å². The number of pyridine rings is 1. The van der Waals surface area contributed by atoms with Crippen molar-refractivity contribution in [2.45, 2.75) is 18.7 Å². The number of benzene rings is 1. The van der Waals surface area contributed by atoms with Crippen LogP contribution in [0.15, 0.2) is 46.8 Å². The van der Waals surface area contributed by atoms with Crippen LogP contribution in [0.2, 0.25) is 5.02 Å². The summed E-state index contributed by atoms with van der Waals surface area (Å²) in [6, 6.07) is 8.70. The smallest absolute Gasteiger partial charge is 0.263 e. The number of thiazole rings is 1. The van der Waals surface area contributed by atoms with E-state index in [0.29, 0.717) is 26.9 Å². The van der Waals surface area contributed by atoms with Crippen molar-refractivity contribution in [3.8, 4) is 10.7 Å². The summed E-state index contributed by atoms with van der Waals surface area (Å²) in [5.41, 5.74) is 1.99. The van der Waals surface area contributed by atoms with E-state index in [9.17, 15) is 8.42 Å². The van der Waals surface area contributed by atoms with Crippen molar-refractivity contribution >= 4 is 38.8 Å². The van der Waals surface area contributed by atoms with Crippen molar-refractivity contribution < 1.29 is 8.42 Å².